The van der Waals surface area contributed by atoms with Crippen LogP contribution in [-0.4, -0.2) is 21.4 Å². The minimum atomic E-state index is -3.64. The van der Waals surface area contributed by atoms with Crippen LogP contribution in [0.5, 0.6) is 0 Å². The molecule has 0 fully saturated rings. The Labute approximate surface area is 143 Å². The van der Waals surface area contributed by atoms with Gasteiger partial charge in [0.05, 0.1) is 9.92 Å². The minimum Gasteiger partial charge on any atom is -0.321 e. The molecule has 1 amide bonds. The monoisotopic (exact) mass is 366 g/mol. The fraction of sp³-hybridized carbons (Fsp3) is 0.0625. The number of amides is 1. The number of carbonyl (C=O) groups excluding carboxylic acids is 1. The number of carbonyl (C=O) groups is 1. The number of fused-ring (bicyclic) bond motifs is 1. The van der Waals surface area contributed by atoms with Crippen molar-refractivity contribution < 1.29 is 17.6 Å². The van der Waals surface area contributed by atoms with Crippen molar-refractivity contribution in [1.29, 1.82) is 0 Å². The van der Waals surface area contributed by atoms with Crippen LogP contribution in [0, 0.1) is 5.82 Å². The number of rotatable bonds is 3. The largest absolute Gasteiger partial charge is 0.321 e. The first-order chi connectivity index (χ1) is 11.3. The lowest BCUT2D eigenvalue weighted by atomic mass is 10.0. The van der Waals surface area contributed by atoms with Gasteiger partial charge in [0.25, 0.3) is 5.91 Å². The van der Waals surface area contributed by atoms with Crippen molar-refractivity contribution in [3.05, 3.63) is 58.4 Å². The van der Waals surface area contributed by atoms with E-state index < -0.39 is 15.8 Å². The van der Waals surface area contributed by atoms with E-state index in [9.17, 15) is 17.6 Å². The molecule has 5 nitrogen and oxygen atoms in total. The molecule has 1 aliphatic heterocycles. The molecule has 124 valence electrons. The first-order valence-corrected chi connectivity index (χ1v) is 8.74. The Kier molecular flexibility index (Phi) is 4.16. The van der Waals surface area contributed by atoms with Crippen LogP contribution in [0.3, 0.4) is 0 Å². The van der Waals surface area contributed by atoms with Crippen LogP contribution in [0.4, 0.5) is 10.1 Å². The van der Waals surface area contributed by atoms with Crippen LogP contribution in [0.25, 0.3) is 11.6 Å². The molecular formula is C16H12ClFN2O3S. The molecule has 0 spiro atoms. The molecule has 1 aliphatic rings. The zero-order chi connectivity index (χ0) is 17.5. The molecule has 3 rings (SSSR count). The number of benzene rings is 2. The van der Waals surface area contributed by atoms with E-state index in [0.29, 0.717) is 16.8 Å². The zero-order valence-electron chi connectivity index (χ0n) is 12.4. The van der Waals surface area contributed by atoms with E-state index in [0.717, 1.165) is 6.07 Å². The van der Waals surface area contributed by atoms with Gasteiger partial charge >= 0.3 is 0 Å². The highest BCUT2D eigenvalue weighted by atomic mass is 35.5. The van der Waals surface area contributed by atoms with Crippen molar-refractivity contribution in [2.45, 2.75) is 4.90 Å². The van der Waals surface area contributed by atoms with Gasteiger partial charge < -0.3 is 5.32 Å². The molecule has 2 aromatic rings. The smallest absolute Gasteiger partial charge is 0.256 e. The van der Waals surface area contributed by atoms with Gasteiger partial charge in [-0.05, 0) is 49.0 Å². The van der Waals surface area contributed by atoms with E-state index in [1.54, 1.807) is 0 Å². The number of anilines is 1. The second kappa shape index (κ2) is 6.01. The van der Waals surface area contributed by atoms with Gasteiger partial charge in [0.1, 0.15) is 5.82 Å². The topological polar surface area (TPSA) is 75.3 Å². The summed E-state index contributed by atoms with van der Waals surface area (Å²) in [7, 11) is -2.33. The SMILES string of the molecule is CNS(=O)(=O)c1ccc2c(c1)C(=Cc1ccc(F)cc1Cl)C(=O)N2. The van der Waals surface area contributed by atoms with Crippen LogP contribution >= 0.6 is 11.6 Å². The summed E-state index contributed by atoms with van der Waals surface area (Å²) in [4.78, 5) is 12.2. The first-order valence-electron chi connectivity index (χ1n) is 6.88. The Hall–Kier alpha value is -2.22. The minimum absolute atomic E-state index is 0.0383. The number of halogens is 2. The maximum absolute atomic E-state index is 13.1. The van der Waals surface area contributed by atoms with Gasteiger partial charge in [-0.1, -0.05) is 17.7 Å². The van der Waals surface area contributed by atoms with Crippen molar-refractivity contribution in [2.75, 3.05) is 12.4 Å². The van der Waals surface area contributed by atoms with E-state index >= 15 is 0 Å². The summed E-state index contributed by atoms with van der Waals surface area (Å²) in [5.41, 5.74) is 1.65. The third-order valence-corrected chi connectivity index (χ3v) is 5.35. The predicted molar refractivity (Wildman–Crippen MR) is 90.6 cm³/mol. The van der Waals surface area contributed by atoms with Crippen molar-refractivity contribution in [1.82, 2.24) is 4.72 Å². The molecular weight excluding hydrogens is 355 g/mol. The lowest BCUT2D eigenvalue weighted by Gasteiger charge is -2.05. The average molecular weight is 367 g/mol. The number of hydrogen-bond donors (Lipinski definition) is 2. The lowest BCUT2D eigenvalue weighted by Crippen LogP contribution is -2.18. The van der Waals surface area contributed by atoms with Gasteiger partial charge in [-0.25, -0.2) is 17.5 Å². The van der Waals surface area contributed by atoms with Crippen LogP contribution in [0.1, 0.15) is 11.1 Å². The molecule has 2 N–H and O–H groups in total. The predicted octanol–water partition coefficient (Wildman–Crippen LogP) is 2.88. The Morgan fingerprint density at radius 2 is 1.96 bits per heavy atom. The van der Waals surface area contributed by atoms with Gasteiger partial charge in [0.15, 0.2) is 0 Å². The standard InChI is InChI=1S/C16H12ClFN2O3S/c1-19-24(22,23)11-4-5-15-12(8-11)13(16(21)20-15)6-9-2-3-10(18)7-14(9)17/h2-8,19H,1H3,(H,20,21). The Morgan fingerprint density at radius 3 is 2.62 bits per heavy atom. The van der Waals surface area contributed by atoms with E-state index in [-0.39, 0.29) is 21.4 Å². The van der Waals surface area contributed by atoms with Crippen molar-refractivity contribution in [3.63, 3.8) is 0 Å². The summed E-state index contributed by atoms with van der Waals surface area (Å²) >= 11 is 5.99. The van der Waals surface area contributed by atoms with Crippen LogP contribution in [-0.2, 0) is 14.8 Å². The summed E-state index contributed by atoms with van der Waals surface area (Å²) < 4.78 is 39.2. The van der Waals surface area contributed by atoms with Gasteiger partial charge in [-0.15, -0.1) is 0 Å². The quantitative estimate of drug-likeness (QED) is 0.820. The third kappa shape index (κ3) is 2.93. The third-order valence-electron chi connectivity index (χ3n) is 3.62. The number of hydrogen-bond acceptors (Lipinski definition) is 3. The summed E-state index contributed by atoms with van der Waals surface area (Å²) in [6.07, 6.45) is 1.50. The fourth-order valence-corrected chi connectivity index (χ4v) is 3.35. The van der Waals surface area contributed by atoms with Gasteiger partial charge in [0.2, 0.25) is 10.0 Å². The maximum atomic E-state index is 13.1. The zero-order valence-corrected chi connectivity index (χ0v) is 14.0. The molecule has 0 bridgehead atoms. The molecule has 8 heteroatoms. The summed E-state index contributed by atoms with van der Waals surface area (Å²) in [5, 5.41) is 2.81. The van der Waals surface area contributed by atoms with Gasteiger partial charge in [-0.2, -0.15) is 0 Å². The van der Waals surface area contributed by atoms with Crippen LogP contribution < -0.4 is 10.0 Å². The molecule has 2 aromatic carbocycles. The van der Waals surface area contributed by atoms with E-state index in [4.69, 9.17) is 11.6 Å². The van der Waals surface area contributed by atoms with Crippen molar-refractivity contribution in [2.24, 2.45) is 0 Å². The van der Waals surface area contributed by atoms with Crippen molar-refractivity contribution >= 4 is 44.9 Å². The Balaban J connectivity index is 2.14. The maximum Gasteiger partial charge on any atom is 0.256 e. The number of sulfonamides is 1. The normalized spacial score (nSPS) is 15.5. The highest BCUT2D eigenvalue weighted by molar-refractivity contribution is 7.89. The molecule has 0 saturated carbocycles. The summed E-state index contributed by atoms with van der Waals surface area (Å²) in [6.45, 7) is 0. The Morgan fingerprint density at radius 1 is 1.21 bits per heavy atom. The van der Waals surface area contributed by atoms with E-state index in [1.165, 1.54) is 43.5 Å². The average Bonchev–Trinajstić information content (AvgIpc) is 2.85. The van der Waals surface area contributed by atoms with E-state index in [2.05, 4.69) is 10.0 Å². The van der Waals surface area contributed by atoms with Gasteiger partial charge in [-0.3, -0.25) is 4.79 Å². The number of nitrogens with one attached hydrogen (secondary N) is 2. The summed E-state index contributed by atoms with van der Waals surface area (Å²) in [5.74, 6) is -0.870. The Bertz CT molecular complexity index is 987. The summed E-state index contributed by atoms with van der Waals surface area (Å²) in [6, 6.07) is 8.15. The molecule has 24 heavy (non-hydrogen) atoms. The van der Waals surface area contributed by atoms with Crippen molar-refractivity contribution in [3.8, 4) is 0 Å². The molecule has 0 atom stereocenters. The molecule has 0 aliphatic carbocycles. The van der Waals surface area contributed by atoms with Gasteiger partial charge in [0, 0.05) is 16.8 Å². The second-order valence-electron chi connectivity index (χ2n) is 5.09. The highest BCUT2D eigenvalue weighted by Gasteiger charge is 2.26. The molecule has 0 saturated heterocycles. The fourth-order valence-electron chi connectivity index (χ4n) is 2.37. The van der Waals surface area contributed by atoms with E-state index in [1.807, 2.05) is 0 Å². The lowest BCUT2D eigenvalue weighted by molar-refractivity contribution is -0.110. The second-order valence-corrected chi connectivity index (χ2v) is 7.39. The van der Waals surface area contributed by atoms with Crippen LogP contribution in [0.2, 0.25) is 5.02 Å². The molecule has 0 aromatic heterocycles. The molecule has 0 unspecified atom stereocenters. The highest BCUT2D eigenvalue weighted by Crippen LogP contribution is 2.35. The first kappa shape index (κ1) is 16.6. The molecule has 1 heterocycles. The molecule has 0 radical (unpaired) electrons. The van der Waals surface area contributed by atoms with Crippen LogP contribution in [0.15, 0.2) is 41.3 Å².